The molecule has 0 saturated carbocycles. The third-order valence-corrected chi connectivity index (χ3v) is 5.31. The molecule has 0 amide bonds. The van der Waals surface area contributed by atoms with E-state index in [0.717, 1.165) is 29.4 Å². The van der Waals surface area contributed by atoms with Crippen LogP contribution in [0.25, 0.3) is 21.9 Å². The lowest BCUT2D eigenvalue weighted by atomic mass is 10.0. The van der Waals surface area contributed by atoms with E-state index in [2.05, 4.69) is 54.8 Å². The Labute approximate surface area is 177 Å². The van der Waals surface area contributed by atoms with Gasteiger partial charge in [0.05, 0.1) is 0 Å². The van der Waals surface area contributed by atoms with E-state index in [1.54, 1.807) is 13.0 Å². The summed E-state index contributed by atoms with van der Waals surface area (Å²) in [6.45, 7) is 5.56. The number of allylic oxidation sites excluding steroid dienone is 1. The molecule has 0 heterocycles. The highest BCUT2D eigenvalue weighted by Crippen LogP contribution is 2.23. The normalized spacial score (nSPS) is 10.5. The van der Waals surface area contributed by atoms with Crippen LogP contribution in [0.2, 0.25) is 0 Å². The average Bonchev–Trinajstić information content (AvgIpc) is 2.79. The second kappa shape index (κ2) is 8.80. The van der Waals surface area contributed by atoms with Crippen molar-refractivity contribution in [3.63, 3.8) is 0 Å². The highest BCUT2D eigenvalue weighted by atomic mass is 19.1. The first kappa shape index (κ1) is 19.7. The van der Waals surface area contributed by atoms with Gasteiger partial charge in [-0.2, -0.15) is 0 Å². The molecule has 0 saturated heterocycles. The SMILES string of the molecule is C=CCCc1ccc(-c2ccc(C#Cc3ccc4c(F)c(C)ccc4c3)cc2)cc1. The molecule has 0 atom stereocenters. The molecule has 4 rings (SSSR count). The maximum Gasteiger partial charge on any atom is 0.133 e. The van der Waals surface area contributed by atoms with Crippen LogP contribution >= 0.6 is 0 Å². The van der Waals surface area contributed by atoms with Gasteiger partial charge in [-0.3, -0.25) is 0 Å². The molecule has 0 radical (unpaired) electrons. The summed E-state index contributed by atoms with van der Waals surface area (Å²) in [5.41, 5.74) is 6.19. The van der Waals surface area contributed by atoms with Crippen molar-refractivity contribution >= 4 is 10.8 Å². The predicted octanol–water partition coefficient (Wildman–Crippen LogP) is 7.47. The molecule has 0 nitrogen and oxygen atoms in total. The first-order valence-corrected chi connectivity index (χ1v) is 10.2. The lowest BCUT2D eigenvalue weighted by Crippen LogP contribution is -1.86. The molecule has 1 heteroatoms. The zero-order valence-corrected chi connectivity index (χ0v) is 17.1. The lowest BCUT2D eigenvalue weighted by molar-refractivity contribution is 0.631. The average molecular weight is 391 g/mol. The first-order chi connectivity index (χ1) is 14.6. The van der Waals surface area contributed by atoms with Crippen molar-refractivity contribution in [2.75, 3.05) is 0 Å². The second-order valence-electron chi connectivity index (χ2n) is 7.48. The van der Waals surface area contributed by atoms with Crippen LogP contribution in [0.1, 0.15) is 28.7 Å². The van der Waals surface area contributed by atoms with Gasteiger partial charge in [-0.15, -0.1) is 6.58 Å². The van der Waals surface area contributed by atoms with Crippen LogP contribution in [-0.2, 0) is 6.42 Å². The highest BCUT2D eigenvalue weighted by Gasteiger charge is 2.04. The smallest absolute Gasteiger partial charge is 0.133 e. The van der Waals surface area contributed by atoms with Crippen LogP contribution in [-0.4, -0.2) is 0 Å². The number of rotatable bonds is 4. The zero-order chi connectivity index (χ0) is 20.9. The Hall–Kier alpha value is -3.63. The van der Waals surface area contributed by atoms with Crippen LogP contribution in [0.3, 0.4) is 0 Å². The molecule has 0 aliphatic heterocycles. The van der Waals surface area contributed by atoms with Gasteiger partial charge in [0.2, 0.25) is 0 Å². The lowest BCUT2D eigenvalue weighted by Gasteiger charge is -2.04. The number of fused-ring (bicyclic) bond motifs is 1. The van der Waals surface area contributed by atoms with Crippen molar-refractivity contribution in [1.82, 2.24) is 0 Å². The minimum Gasteiger partial charge on any atom is -0.206 e. The van der Waals surface area contributed by atoms with E-state index in [0.29, 0.717) is 10.9 Å². The molecular weight excluding hydrogens is 367 g/mol. The minimum absolute atomic E-state index is 0.156. The minimum atomic E-state index is -0.156. The van der Waals surface area contributed by atoms with Crippen molar-refractivity contribution in [1.29, 1.82) is 0 Å². The number of halogens is 1. The van der Waals surface area contributed by atoms with Crippen LogP contribution in [0, 0.1) is 24.6 Å². The van der Waals surface area contributed by atoms with Gasteiger partial charge in [0.25, 0.3) is 0 Å². The van der Waals surface area contributed by atoms with Gasteiger partial charge in [0.1, 0.15) is 5.82 Å². The Bertz CT molecular complexity index is 1250. The summed E-state index contributed by atoms with van der Waals surface area (Å²) in [5.74, 6) is 6.25. The highest BCUT2D eigenvalue weighted by molar-refractivity contribution is 5.85. The molecule has 0 bridgehead atoms. The number of hydrogen-bond acceptors (Lipinski definition) is 0. The van der Waals surface area contributed by atoms with Crippen LogP contribution < -0.4 is 0 Å². The monoisotopic (exact) mass is 390 g/mol. The van der Waals surface area contributed by atoms with E-state index < -0.39 is 0 Å². The van der Waals surface area contributed by atoms with Crippen molar-refractivity contribution < 1.29 is 4.39 Å². The molecular formula is C29H23F. The van der Waals surface area contributed by atoms with Gasteiger partial charge in [0, 0.05) is 16.5 Å². The van der Waals surface area contributed by atoms with E-state index in [9.17, 15) is 4.39 Å². The topological polar surface area (TPSA) is 0 Å². The standard InChI is InChI=1S/C29H23F/c1-3-4-5-22-9-15-25(16-10-22)26-17-11-23(12-18-26)7-8-24-13-19-28-27(20-24)14-6-21(2)29(28)30/h3,6,9-20H,1,4-5H2,2H3. The summed E-state index contributed by atoms with van der Waals surface area (Å²) < 4.78 is 14.2. The summed E-state index contributed by atoms with van der Waals surface area (Å²) in [7, 11) is 0. The molecule has 4 aromatic carbocycles. The fourth-order valence-corrected chi connectivity index (χ4v) is 3.50. The van der Waals surface area contributed by atoms with E-state index in [-0.39, 0.29) is 5.82 Å². The summed E-state index contributed by atoms with van der Waals surface area (Å²) in [5, 5.41) is 1.51. The molecule has 146 valence electrons. The number of hydrogen-bond donors (Lipinski definition) is 0. The van der Waals surface area contributed by atoms with Gasteiger partial charge in [-0.05, 0) is 71.7 Å². The van der Waals surface area contributed by atoms with Gasteiger partial charge < -0.3 is 0 Å². The largest absolute Gasteiger partial charge is 0.206 e. The first-order valence-electron chi connectivity index (χ1n) is 10.2. The number of aryl methyl sites for hydroxylation is 2. The summed E-state index contributed by atoms with van der Waals surface area (Å²) in [6, 6.07) is 26.3. The van der Waals surface area contributed by atoms with Crippen LogP contribution in [0.15, 0.2) is 91.5 Å². The predicted molar refractivity (Wildman–Crippen MR) is 125 cm³/mol. The summed E-state index contributed by atoms with van der Waals surface area (Å²) in [6.07, 6.45) is 3.97. The quantitative estimate of drug-likeness (QED) is 0.250. The molecule has 0 N–H and O–H groups in total. The summed E-state index contributed by atoms with van der Waals surface area (Å²) >= 11 is 0. The van der Waals surface area contributed by atoms with E-state index in [4.69, 9.17) is 0 Å². The molecule has 0 aromatic heterocycles. The Morgan fingerprint density at radius 3 is 2.13 bits per heavy atom. The van der Waals surface area contributed by atoms with E-state index in [1.807, 2.05) is 42.5 Å². The molecule has 0 fully saturated rings. The van der Waals surface area contributed by atoms with E-state index >= 15 is 0 Å². The third-order valence-electron chi connectivity index (χ3n) is 5.31. The van der Waals surface area contributed by atoms with Crippen LogP contribution in [0.4, 0.5) is 4.39 Å². The maximum absolute atomic E-state index is 14.2. The van der Waals surface area contributed by atoms with Crippen molar-refractivity contribution in [2.24, 2.45) is 0 Å². The van der Waals surface area contributed by atoms with E-state index in [1.165, 1.54) is 16.7 Å². The zero-order valence-electron chi connectivity index (χ0n) is 17.1. The molecule has 0 spiro atoms. The van der Waals surface area contributed by atoms with Crippen molar-refractivity contribution in [3.05, 3.63) is 120 Å². The molecule has 30 heavy (non-hydrogen) atoms. The molecule has 0 aliphatic rings. The van der Waals surface area contributed by atoms with Gasteiger partial charge in [0.15, 0.2) is 0 Å². The molecule has 0 aliphatic carbocycles. The van der Waals surface area contributed by atoms with Crippen molar-refractivity contribution in [2.45, 2.75) is 19.8 Å². The fourth-order valence-electron chi connectivity index (χ4n) is 3.50. The van der Waals surface area contributed by atoms with Gasteiger partial charge >= 0.3 is 0 Å². The maximum atomic E-state index is 14.2. The fraction of sp³-hybridized carbons (Fsp3) is 0.103. The Kier molecular flexibility index (Phi) is 5.77. The van der Waals surface area contributed by atoms with Gasteiger partial charge in [-0.1, -0.05) is 72.5 Å². The number of benzene rings is 4. The molecule has 0 unspecified atom stereocenters. The second-order valence-corrected chi connectivity index (χ2v) is 7.48. The van der Waals surface area contributed by atoms with Gasteiger partial charge in [-0.25, -0.2) is 4.39 Å². The third kappa shape index (κ3) is 4.34. The molecule has 4 aromatic rings. The van der Waals surface area contributed by atoms with Crippen molar-refractivity contribution in [3.8, 4) is 23.0 Å². The Morgan fingerprint density at radius 1 is 0.800 bits per heavy atom. The summed E-state index contributed by atoms with van der Waals surface area (Å²) in [4.78, 5) is 0. The van der Waals surface area contributed by atoms with Crippen LogP contribution in [0.5, 0.6) is 0 Å². The Morgan fingerprint density at radius 2 is 1.43 bits per heavy atom. The Balaban J connectivity index is 1.52.